The topological polar surface area (TPSA) is 68.5 Å². The number of anilines is 1. The molecule has 0 bridgehead atoms. The van der Waals surface area contributed by atoms with E-state index in [-0.39, 0.29) is 0 Å². The second-order valence-electron chi connectivity index (χ2n) is 6.16. The van der Waals surface area contributed by atoms with Gasteiger partial charge in [0, 0.05) is 17.0 Å². The minimum Gasteiger partial charge on any atom is -0.362 e. The van der Waals surface area contributed by atoms with Crippen molar-refractivity contribution >= 4 is 27.4 Å². The van der Waals surface area contributed by atoms with Gasteiger partial charge >= 0.3 is 0 Å². The van der Waals surface area contributed by atoms with E-state index in [4.69, 9.17) is 0 Å². The van der Waals surface area contributed by atoms with E-state index in [1.54, 1.807) is 17.7 Å². The fourth-order valence-electron chi connectivity index (χ4n) is 3.05. The van der Waals surface area contributed by atoms with E-state index in [1.165, 1.54) is 18.4 Å². The van der Waals surface area contributed by atoms with Gasteiger partial charge in [0.15, 0.2) is 5.82 Å². The Balaban J connectivity index is 1.50. The van der Waals surface area contributed by atoms with Gasteiger partial charge in [-0.05, 0) is 18.4 Å². The smallest absolute Gasteiger partial charge is 0.152 e. The van der Waals surface area contributed by atoms with Crippen LogP contribution in [0.25, 0.3) is 21.3 Å². The third-order valence-corrected chi connectivity index (χ3v) is 5.34. The van der Waals surface area contributed by atoms with Gasteiger partial charge in [0.05, 0.1) is 11.9 Å². The van der Waals surface area contributed by atoms with Gasteiger partial charge in [-0.15, -0.1) is 21.5 Å². The zero-order chi connectivity index (χ0) is 16.6. The van der Waals surface area contributed by atoms with Crippen LogP contribution in [0.4, 0.5) is 5.82 Å². The van der Waals surface area contributed by atoms with Crippen molar-refractivity contribution in [3.05, 3.63) is 54.2 Å². The van der Waals surface area contributed by atoms with Crippen molar-refractivity contribution in [2.24, 2.45) is 0 Å². The second kappa shape index (κ2) is 5.93. The predicted molar refractivity (Wildman–Crippen MR) is 98.5 cm³/mol. The number of hydrogen-bond acceptors (Lipinski definition) is 6. The molecule has 0 radical (unpaired) electrons. The molecule has 6 nitrogen and oxygen atoms in total. The highest BCUT2D eigenvalue weighted by atomic mass is 32.1. The van der Waals surface area contributed by atoms with E-state index in [0.29, 0.717) is 12.6 Å². The molecule has 1 aromatic carbocycles. The highest BCUT2D eigenvalue weighted by Crippen LogP contribution is 2.37. The van der Waals surface area contributed by atoms with Gasteiger partial charge < -0.3 is 9.88 Å². The lowest BCUT2D eigenvalue weighted by molar-refractivity contribution is 0.689. The molecule has 0 atom stereocenters. The first-order valence-corrected chi connectivity index (χ1v) is 9.18. The Bertz CT molecular complexity index is 1020. The molecule has 0 amide bonds. The second-order valence-corrected chi connectivity index (χ2v) is 7.02. The highest BCUT2D eigenvalue weighted by Gasteiger charge is 2.26. The zero-order valence-corrected chi connectivity index (χ0v) is 14.3. The van der Waals surface area contributed by atoms with Crippen LogP contribution >= 0.6 is 11.3 Å². The fourth-order valence-corrected chi connectivity index (χ4v) is 3.97. The quantitative estimate of drug-likeness (QED) is 0.592. The van der Waals surface area contributed by atoms with Gasteiger partial charge in [-0.2, -0.15) is 0 Å². The van der Waals surface area contributed by atoms with Gasteiger partial charge in [-0.1, -0.05) is 30.3 Å². The summed E-state index contributed by atoms with van der Waals surface area (Å²) < 4.78 is 2.16. The molecule has 1 fully saturated rings. The first-order valence-electron chi connectivity index (χ1n) is 8.30. The average Bonchev–Trinajstić information content (AvgIpc) is 3.23. The standard InChI is InChI=1S/C18H16N6S/c1-2-4-12(5-3-1)14-9-25-18-16(14)17(20-10-21-18)19-8-15-23-22-11-24(15)13-6-7-13/h1-5,9-11,13H,6-8H2,(H,19,20,21). The molecule has 1 saturated carbocycles. The van der Waals surface area contributed by atoms with Crippen LogP contribution in [0.2, 0.25) is 0 Å². The van der Waals surface area contributed by atoms with E-state index in [2.05, 4.69) is 47.6 Å². The molecule has 3 aromatic heterocycles. The number of nitrogens with zero attached hydrogens (tertiary/aromatic N) is 5. The average molecular weight is 348 g/mol. The number of aromatic nitrogens is 5. The minimum absolute atomic E-state index is 0.568. The Labute approximate surface area is 148 Å². The van der Waals surface area contributed by atoms with Gasteiger partial charge in [-0.3, -0.25) is 0 Å². The van der Waals surface area contributed by atoms with Crippen LogP contribution in [0.3, 0.4) is 0 Å². The normalized spacial score (nSPS) is 14.1. The van der Waals surface area contributed by atoms with E-state index >= 15 is 0 Å². The van der Waals surface area contributed by atoms with Crippen molar-refractivity contribution in [2.45, 2.75) is 25.4 Å². The van der Waals surface area contributed by atoms with Gasteiger partial charge in [0.1, 0.15) is 23.3 Å². The largest absolute Gasteiger partial charge is 0.362 e. The predicted octanol–water partition coefficient (Wildman–Crippen LogP) is 3.90. The van der Waals surface area contributed by atoms with Crippen molar-refractivity contribution in [2.75, 3.05) is 5.32 Å². The monoisotopic (exact) mass is 348 g/mol. The van der Waals surface area contributed by atoms with Gasteiger partial charge in [0.2, 0.25) is 0 Å². The first-order chi connectivity index (χ1) is 12.4. The van der Waals surface area contributed by atoms with Crippen LogP contribution in [0.15, 0.2) is 48.4 Å². The summed E-state index contributed by atoms with van der Waals surface area (Å²) in [7, 11) is 0. The highest BCUT2D eigenvalue weighted by molar-refractivity contribution is 7.17. The molecule has 0 spiro atoms. The number of fused-ring (bicyclic) bond motifs is 1. The summed E-state index contributed by atoms with van der Waals surface area (Å²) in [6, 6.07) is 10.9. The molecule has 1 aliphatic carbocycles. The summed E-state index contributed by atoms with van der Waals surface area (Å²) in [5, 5.41) is 15.0. The molecule has 7 heteroatoms. The maximum absolute atomic E-state index is 4.48. The molecule has 0 unspecified atom stereocenters. The summed E-state index contributed by atoms with van der Waals surface area (Å²) in [5.41, 5.74) is 2.33. The lowest BCUT2D eigenvalue weighted by Gasteiger charge is -2.09. The SMILES string of the molecule is c1ccc(-c2csc3ncnc(NCc4nncn4C4CC4)c23)cc1. The summed E-state index contributed by atoms with van der Waals surface area (Å²) >= 11 is 1.64. The molecule has 1 aliphatic rings. The molecule has 124 valence electrons. The number of nitrogens with one attached hydrogen (secondary N) is 1. The molecule has 1 N–H and O–H groups in total. The van der Waals surface area contributed by atoms with Crippen molar-refractivity contribution in [3.8, 4) is 11.1 Å². The van der Waals surface area contributed by atoms with Crippen molar-refractivity contribution in [3.63, 3.8) is 0 Å². The molecule has 0 saturated heterocycles. The van der Waals surface area contributed by atoms with Crippen LogP contribution in [0, 0.1) is 0 Å². The van der Waals surface area contributed by atoms with Crippen molar-refractivity contribution in [1.29, 1.82) is 0 Å². The molecule has 0 aliphatic heterocycles. The molecular weight excluding hydrogens is 332 g/mol. The summed E-state index contributed by atoms with van der Waals surface area (Å²) in [6.45, 7) is 0.604. The minimum atomic E-state index is 0.568. The van der Waals surface area contributed by atoms with Crippen molar-refractivity contribution < 1.29 is 0 Å². The van der Waals surface area contributed by atoms with Crippen LogP contribution in [0.5, 0.6) is 0 Å². The van der Waals surface area contributed by atoms with Gasteiger partial charge in [0.25, 0.3) is 0 Å². The molecule has 5 rings (SSSR count). The first kappa shape index (κ1) is 14.5. The van der Waals surface area contributed by atoms with E-state index in [9.17, 15) is 0 Å². The Morgan fingerprint density at radius 2 is 2.04 bits per heavy atom. The van der Waals surface area contributed by atoms with Crippen LogP contribution in [-0.2, 0) is 6.54 Å². The molecular formula is C18H16N6S. The summed E-state index contributed by atoms with van der Waals surface area (Å²) in [6.07, 6.45) is 5.86. The maximum atomic E-state index is 4.48. The van der Waals surface area contributed by atoms with Crippen LogP contribution in [0.1, 0.15) is 24.7 Å². The van der Waals surface area contributed by atoms with Gasteiger partial charge in [-0.25, -0.2) is 9.97 Å². The van der Waals surface area contributed by atoms with E-state index in [0.717, 1.165) is 27.4 Å². The fraction of sp³-hybridized carbons (Fsp3) is 0.222. The third-order valence-electron chi connectivity index (χ3n) is 4.46. The van der Waals surface area contributed by atoms with E-state index in [1.807, 2.05) is 24.5 Å². The number of thiophene rings is 1. The Morgan fingerprint density at radius 3 is 2.88 bits per heavy atom. The third kappa shape index (κ3) is 2.66. The van der Waals surface area contributed by atoms with Crippen LogP contribution < -0.4 is 5.32 Å². The maximum Gasteiger partial charge on any atom is 0.152 e. The van der Waals surface area contributed by atoms with Crippen LogP contribution in [-0.4, -0.2) is 24.7 Å². The Morgan fingerprint density at radius 1 is 1.16 bits per heavy atom. The molecule has 25 heavy (non-hydrogen) atoms. The Kier molecular flexibility index (Phi) is 3.45. The zero-order valence-electron chi connectivity index (χ0n) is 13.5. The lowest BCUT2D eigenvalue weighted by atomic mass is 10.1. The molecule has 4 aromatic rings. The van der Waals surface area contributed by atoms with E-state index < -0.39 is 0 Å². The summed E-state index contributed by atoms with van der Waals surface area (Å²) in [4.78, 5) is 9.89. The summed E-state index contributed by atoms with van der Waals surface area (Å²) in [5.74, 6) is 1.79. The number of benzene rings is 1. The Hall–Kier alpha value is -2.80. The number of hydrogen-bond donors (Lipinski definition) is 1. The lowest BCUT2D eigenvalue weighted by Crippen LogP contribution is -2.08. The molecule has 3 heterocycles. The van der Waals surface area contributed by atoms with Crippen molar-refractivity contribution in [1.82, 2.24) is 24.7 Å². The number of rotatable bonds is 5.